The second-order valence-corrected chi connectivity index (χ2v) is 22.7. The van der Waals surface area contributed by atoms with Crippen LogP contribution in [0.1, 0.15) is 102 Å². The Morgan fingerprint density at radius 2 is 0.758 bits per heavy atom. The molecule has 36 nitrogen and oxygen atoms in total. The van der Waals surface area contributed by atoms with Gasteiger partial charge in [0, 0.05) is 145 Å². The molecule has 10 amide bonds. The van der Waals surface area contributed by atoms with Crippen LogP contribution in [0.2, 0.25) is 0 Å². The molecular formula is C63H92N20O16. The number of carbonyl (C=O) groups excluding carboxylic acids is 10. The average Bonchev–Trinajstić information content (AvgIpc) is 1.70. The molecule has 0 radical (unpaired) electrons. The van der Waals surface area contributed by atoms with E-state index in [1.54, 1.807) is 76.1 Å². The van der Waals surface area contributed by atoms with Crippen molar-refractivity contribution in [1.29, 1.82) is 0 Å². The largest absolute Gasteiger partial charge is 0.379 e. The topological polar surface area (TPSA) is 418 Å². The highest BCUT2D eigenvalue weighted by molar-refractivity contribution is 6.06. The van der Waals surface area contributed by atoms with Gasteiger partial charge >= 0.3 is 0 Å². The van der Waals surface area contributed by atoms with E-state index >= 15 is 0 Å². The first-order chi connectivity index (χ1) is 47.5. The normalized spacial score (nSPS) is 11.1. The molecule has 0 aliphatic heterocycles. The molecule has 0 aliphatic carbocycles. The maximum Gasteiger partial charge on any atom is 0.291 e. The van der Waals surface area contributed by atoms with Gasteiger partial charge in [-0.05, 0) is 51.2 Å². The zero-order valence-electron chi connectivity index (χ0n) is 57.2. The third-order valence-corrected chi connectivity index (χ3v) is 14.5. The van der Waals surface area contributed by atoms with E-state index < -0.39 is 41.4 Å². The van der Waals surface area contributed by atoms with E-state index in [0.29, 0.717) is 122 Å². The summed E-state index contributed by atoms with van der Waals surface area (Å²) in [6.45, 7) is 9.17. The Bertz CT molecular complexity index is 3660. The number of ether oxygens (including phenoxy) is 6. The summed E-state index contributed by atoms with van der Waals surface area (Å²) in [5.41, 5.74) is 1.72. The Balaban J connectivity index is 0.771. The lowest BCUT2D eigenvalue weighted by molar-refractivity contribution is -0.122. The molecule has 0 bridgehead atoms. The van der Waals surface area contributed by atoms with E-state index in [9.17, 15) is 47.9 Å². The maximum atomic E-state index is 13.3. The first-order valence-corrected chi connectivity index (χ1v) is 32.1. The highest BCUT2D eigenvalue weighted by Crippen LogP contribution is 2.19. The zero-order valence-corrected chi connectivity index (χ0v) is 57.2. The smallest absolute Gasteiger partial charge is 0.291 e. The zero-order chi connectivity index (χ0) is 71.6. The molecule has 540 valence electrons. The van der Waals surface area contributed by atoms with Crippen molar-refractivity contribution in [2.75, 3.05) is 159 Å². The number of anilines is 5. The Morgan fingerprint density at radius 1 is 0.384 bits per heavy atom. The number of aryl methyl sites for hydroxylation is 6. The SMILES string of the molecule is CC(=O)NCCOCCOCCOCCOCCOCCOCCC(=O)NCCCN(C)CCCNC(=O)c1cc(NC(=O)c2nc(NC(=O)CCNC(=O)c3cc(NC(=O)c4nc(NC(=O)CCNC(=O)c5cc(NC(=O)c6nccn6C)cn5C)cn4C)cn3C)cn2C)cn1C. The lowest BCUT2D eigenvalue weighted by Gasteiger charge is -2.17. The predicted molar refractivity (Wildman–Crippen MR) is 361 cm³/mol. The highest BCUT2D eigenvalue weighted by atomic mass is 16.6. The van der Waals surface area contributed by atoms with Gasteiger partial charge in [-0.15, -0.1) is 0 Å². The van der Waals surface area contributed by atoms with E-state index in [-0.39, 0.29) is 103 Å². The molecule has 0 unspecified atom stereocenters. The van der Waals surface area contributed by atoms with Crippen LogP contribution in [-0.4, -0.2) is 238 Å². The van der Waals surface area contributed by atoms with Crippen LogP contribution in [0.3, 0.4) is 0 Å². The molecule has 0 spiro atoms. The van der Waals surface area contributed by atoms with Crippen LogP contribution in [0.25, 0.3) is 0 Å². The van der Waals surface area contributed by atoms with Gasteiger partial charge in [-0.25, -0.2) is 15.0 Å². The molecule has 0 saturated heterocycles. The monoisotopic (exact) mass is 1380 g/mol. The number of carbonyl (C=O) groups is 10. The summed E-state index contributed by atoms with van der Waals surface area (Å²) in [5, 5.41) is 27.2. The van der Waals surface area contributed by atoms with Crippen LogP contribution in [-0.2, 0) is 89.9 Å². The summed E-state index contributed by atoms with van der Waals surface area (Å²) in [7, 11) is 11.7. The molecule has 36 heteroatoms. The molecule has 99 heavy (non-hydrogen) atoms. The van der Waals surface area contributed by atoms with Gasteiger partial charge in [-0.2, -0.15) is 0 Å². The van der Waals surface area contributed by atoms with Crippen molar-refractivity contribution < 1.29 is 76.4 Å². The van der Waals surface area contributed by atoms with E-state index in [1.165, 1.54) is 62.1 Å². The maximum absolute atomic E-state index is 13.3. The first-order valence-electron chi connectivity index (χ1n) is 32.1. The van der Waals surface area contributed by atoms with Gasteiger partial charge in [0.15, 0.2) is 17.5 Å². The second-order valence-electron chi connectivity index (χ2n) is 22.7. The van der Waals surface area contributed by atoms with Crippen LogP contribution in [0.15, 0.2) is 61.6 Å². The molecule has 0 aromatic carbocycles. The Morgan fingerprint density at radius 3 is 1.15 bits per heavy atom. The molecule has 0 aliphatic rings. The number of amides is 10. The van der Waals surface area contributed by atoms with Gasteiger partial charge in [0.2, 0.25) is 35.3 Å². The van der Waals surface area contributed by atoms with Crippen molar-refractivity contribution in [2.45, 2.75) is 39.0 Å². The Labute approximate surface area is 572 Å². The van der Waals surface area contributed by atoms with Crippen molar-refractivity contribution in [3.05, 3.63) is 96.1 Å². The summed E-state index contributed by atoms with van der Waals surface area (Å²) in [6, 6.07) is 4.47. The highest BCUT2D eigenvalue weighted by Gasteiger charge is 2.22. The number of imidazole rings is 3. The second kappa shape index (κ2) is 41.2. The number of hydrogen-bond donors (Lipinski definition) is 10. The van der Waals surface area contributed by atoms with Crippen molar-refractivity contribution >= 4 is 87.8 Å². The van der Waals surface area contributed by atoms with Gasteiger partial charge in [0.05, 0.1) is 96.3 Å². The fourth-order valence-electron chi connectivity index (χ4n) is 9.45. The van der Waals surface area contributed by atoms with Crippen molar-refractivity contribution in [3.8, 4) is 0 Å². The quantitative estimate of drug-likeness (QED) is 0.0231. The van der Waals surface area contributed by atoms with Crippen LogP contribution < -0.4 is 53.2 Å². The van der Waals surface area contributed by atoms with Crippen molar-refractivity contribution in [3.63, 3.8) is 0 Å². The molecule has 0 saturated carbocycles. The number of nitrogens with zero attached hydrogens (tertiary/aromatic N) is 10. The first kappa shape index (κ1) is 77.9. The van der Waals surface area contributed by atoms with Crippen LogP contribution in [0.5, 0.6) is 0 Å². The van der Waals surface area contributed by atoms with Crippen molar-refractivity contribution in [1.82, 2.24) is 73.8 Å². The van der Waals surface area contributed by atoms with Crippen LogP contribution in [0, 0.1) is 0 Å². The average molecular weight is 1390 g/mol. The molecule has 6 aromatic heterocycles. The summed E-state index contributed by atoms with van der Waals surface area (Å²) in [4.78, 5) is 142. The molecule has 0 fully saturated rings. The van der Waals surface area contributed by atoms with E-state index in [0.717, 1.165) is 13.0 Å². The molecule has 10 N–H and O–H groups in total. The minimum absolute atomic E-state index is 0.0261. The third-order valence-electron chi connectivity index (χ3n) is 14.5. The molecule has 6 heterocycles. The Kier molecular flexibility index (Phi) is 32.4. The Hall–Kier alpha value is -10.1. The lowest BCUT2D eigenvalue weighted by Crippen LogP contribution is -2.31. The number of aromatic nitrogens is 9. The van der Waals surface area contributed by atoms with Crippen LogP contribution in [0.4, 0.5) is 28.7 Å². The number of hydrogen-bond acceptors (Lipinski definition) is 20. The van der Waals surface area contributed by atoms with Crippen molar-refractivity contribution in [2.24, 2.45) is 42.3 Å². The molecule has 6 aromatic rings. The summed E-state index contributed by atoms with van der Waals surface area (Å²) < 4.78 is 41.7. The standard InChI is InChI=1S/C63H92N20O16/c1-43(84)64-19-24-95-26-28-97-30-32-99-34-33-98-31-29-96-27-25-94-23-13-52(85)65-14-9-20-77(2)21-10-15-67-58(88)47-36-45(39-79(47)4)71-62(92)56-75-50(41-82(56)7)73-54(87)12-17-69-60(90)49-37-46(40-81(49)6)72-63(93)57-76-51(42-83(57)8)74-53(86)11-16-68-59(89)48-35-44(38-80(48)5)70-61(91)55-66-18-22-78(55)3/h18,22,35-42H,9-17,19-21,23-34H2,1-8H3,(H,64,84)(H,65,85)(H,67,88)(H,68,89)(H,69,90)(H,70,91)(H,71,92)(H,72,93)(H,73,87)(H,74,86). The molecular weight excluding hydrogens is 1290 g/mol. The van der Waals surface area contributed by atoms with E-state index in [4.69, 9.17) is 28.4 Å². The number of rotatable bonds is 46. The third kappa shape index (κ3) is 27.4. The van der Waals surface area contributed by atoms with E-state index in [2.05, 4.69) is 73.0 Å². The van der Waals surface area contributed by atoms with Gasteiger partial charge in [0.25, 0.3) is 35.4 Å². The lowest BCUT2D eigenvalue weighted by atomic mass is 10.3. The summed E-state index contributed by atoms with van der Waals surface area (Å²) in [6.07, 6.45) is 12.1. The van der Waals surface area contributed by atoms with Crippen LogP contribution >= 0.6 is 0 Å². The summed E-state index contributed by atoms with van der Waals surface area (Å²) >= 11 is 0. The predicted octanol–water partition coefficient (Wildman–Crippen LogP) is 0.360. The van der Waals surface area contributed by atoms with Gasteiger partial charge in [0.1, 0.15) is 17.1 Å². The minimum atomic E-state index is -0.640. The summed E-state index contributed by atoms with van der Waals surface area (Å²) in [5.74, 6) is -3.91. The minimum Gasteiger partial charge on any atom is -0.379 e. The van der Waals surface area contributed by atoms with Gasteiger partial charge in [-0.1, -0.05) is 0 Å². The number of nitrogens with one attached hydrogen (secondary N) is 10. The van der Waals surface area contributed by atoms with E-state index in [1.807, 2.05) is 7.05 Å². The fraction of sp³-hybridized carbons (Fsp3) is 0.508. The molecule has 6 rings (SSSR count). The van der Waals surface area contributed by atoms with Gasteiger partial charge in [-0.3, -0.25) is 47.9 Å². The molecule has 0 atom stereocenters. The van der Waals surface area contributed by atoms with Gasteiger partial charge < -0.3 is 114 Å². The fourth-order valence-corrected chi connectivity index (χ4v) is 9.45.